The molecule has 0 saturated carbocycles. The van der Waals surface area contributed by atoms with E-state index in [4.69, 9.17) is 9.90 Å². The molecule has 52 valence electrons. The first kappa shape index (κ1) is 11.7. The highest BCUT2D eigenvalue weighted by Crippen LogP contribution is 2.02. The first-order valence-electron chi connectivity index (χ1n) is 2.42. The van der Waals surface area contributed by atoms with E-state index in [2.05, 4.69) is 0 Å². The number of benzene rings is 1. The fourth-order valence-electron chi connectivity index (χ4n) is 0.428. The quantitative estimate of drug-likeness (QED) is 0.559. The first-order valence-corrected chi connectivity index (χ1v) is 2.42. The third kappa shape index (κ3) is 5.05. The van der Waals surface area contributed by atoms with E-state index in [0.29, 0.717) is 5.75 Å². The summed E-state index contributed by atoms with van der Waals surface area (Å²) in [6.07, 6.45) is 0. The van der Waals surface area contributed by atoms with E-state index in [0.717, 1.165) is 0 Å². The van der Waals surface area contributed by atoms with E-state index >= 15 is 0 Å². The Labute approximate surface area is 64.5 Å². The maximum atomic E-state index is 8.63. The molecule has 1 aromatic rings. The molecule has 1 rings (SSSR count). The molecule has 0 aliphatic carbocycles. The summed E-state index contributed by atoms with van der Waals surface area (Å²) in [7, 11) is 0. The van der Waals surface area contributed by atoms with Gasteiger partial charge in [-0.25, -0.2) is 0 Å². The topological polar surface area (TPSA) is 37.3 Å². The molecular formula is C7H8O2Si. The van der Waals surface area contributed by atoms with Gasteiger partial charge in [0.2, 0.25) is 0 Å². The predicted octanol–water partition coefficient (Wildman–Crippen LogP) is 0.827. The normalized spacial score (nSPS) is 6.40. The van der Waals surface area contributed by atoms with Crippen molar-refractivity contribution in [3.63, 3.8) is 0 Å². The second-order valence-corrected chi connectivity index (χ2v) is 1.34. The minimum atomic E-state index is 0. The molecule has 0 aliphatic heterocycles. The molecule has 1 aromatic carbocycles. The van der Waals surface area contributed by atoms with Crippen LogP contribution in [0.4, 0.5) is 0 Å². The minimum Gasteiger partial charge on any atom is -0.508 e. The zero-order valence-electron chi connectivity index (χ0n) is 5.45. The molecule has 0 spiro atoms. The van der Waals surface area contributed by atoms with Crippen molar-refractivity contribution in [1.82, 2.24) is 0 Å². The minimum absolute atomic E-state index is 0. The van der Waals surface area contributed by atoms with Crippen LogP contribution in [0.5, 0.6) is 5.75 Å². The third-order valence-corrected chi connectivity index (χ3v) is 0.756. The summed E-state index contributed by atoms with van der Waals surface area (Å²) in [5.74, 6) is 0.322. The molecule has 0 amide bonds. The van der Waals surface area contributed by atoms with Crippen molar-refractivity contribution >= 4 is 17.8 Å². The monoisotopic (exact) mass is 152 g/mol. The molecule has 0 unspecified atom stereocenters. The molecule has 0 saturated heterocycles. The Morgan fingerprint density at radius 2 is 1.50 bits per heavy atom. The highest BCUT2D eigenvalue weighted by molar-refractivity contribution is 5.75. The van der Waals surface area contributed by atoms with Crippen LogP contribution in [-0.2, 0) is 4.79 Å². The fourth-order valence-corrected chi connectivity index (χ4v) is 0.428. The van der Waals surface area contributed by atoms with Crippen molar-refractivity contribution in [2.24, 2.45) is 0 Å². The molecule has 2 nitrogen and oxygen atoms in total. The van der Waals surface area contributed by atoms with E-state index < -0.39 is 0 Å². The van der Waals surface area contributed by atoms with Crippen LogP contribution in [0.3, 0.4) is 0 Å². The zero-order chi connectivity index (χ0) is 7.11. The van der Waals surface area contributed by atoms with Crippen molar-refractivity contribution in [1.29, 1.82) is 0 Å². The highest BCUT2D eigenvalue weighted by atomic mass is 28.1. The van der Waals surface area contributed by atoms with Crippen LogP contribution < -0.4 is 0 Å². The maximum Gasteiger partial charge on any atom is 0.115 e. The number of aromatic hydroxyl groups is 1. The van der Waals surface area contributed by atoms with Gasteiger partial charge in [-0.05, 0) is 12.1 Å². The van der Waals surface area contributed by atoms with Gasteiger partial charge in [-0.3, -0.25) is 0 Å². The molecule has 0 fully saturated rings. The number of hydrogen-bond donors (Lipinski definition) is 1. The molecule has 1 N–H and O–H groups in total. The van der Waals surface area contributed by atoms with E-state index in [9.17, 15) is 0 Å². The van der Waals surface area contributed by atoms with Crippen molar-refractivity contribution in [3.05, 3.63) is 30.3 Å². The van der Waals surface area contributed by atoms with Crippen LogP contribution in [0.25, 0.3) is 0 Å². The summed E-state index contributed by atoms with van der Waals surface area (Å²) in [6.45, 7) is 2.00. The Bertz CT molecular complexity index is 153. The van der Waals surface area contributed by atoms with Gasteiger partial charge in [0.15, 0.2) is 0 Å². The van der Waals surface area contributed by atoms with Crippen molar-refractivity contribution in [2.45, 2.75) is 0 Å². The number of carbonyl (C=O) groups is 1. The summed E-state index contributed by atoms with van der Waals surface area (Å²) in [5.41, 5.74) is 0. The predicted molar refractivity (Wildman–Crippen MR) is 41.0 cm³/mol. The van der Waals surface area contributed by atoms with Crippen LogP contribution in [0.2, 0.25) is 0 Å². The zero-order valence-corrected chi connectivity index (χ0v) is 6.45. The third-order valence-electron chi connectivity index (χ3n) is 0.756. The van der Waals surface area contributed by atoms with Gasteiger partial charge in [-0.2, -0.15) is 0 Å². The Balaban J connectivity index is 0. The van der Waals surface area contributed by atoms with Crippen molar-refractivity contribution in [3.8, 4) is 5.75 Å². The van der Waals surface area contributed by atoms with E-state index in [1.807, 2.05) is 12.9 Å². The van der Waals surface area contributed by atoms with Crippen LogP contribution in [0, 0.1) is 0 Å². The highest BCUT2D eigenvalue weighted by Gasteiger charge is 1.74. The number of phenolic OH excluding ortho intramolecular Hbond substituents is 1. The summed E-state index contributed by atoms with van der Waals surface area (Å²) in [6, 6.07) is 8.71. The maximum absolute atomic E-state index is 8.63. The number of carbonyl (C=O) groups excluding carboxylic acids is 1. The average molecular weight is 152 g/mol. The number of hydrogen-bond acceptors (Lipinski definition) is 2. The molecule has 0 bridgehead atoms. The Kier molecular flexibility index (Phi) is 9.23. The summed E-state index contributed by atoms with van der Waals surface area (Å²) >= 11 is 0. The van der Waals surface area contributed by atoms with Crippen LogP contribution >= 0.6 is 0 Å². The second-order valence-electron chi connectivity index (χ2n) is 1.34. The van der Waals surface area contributed by atoms with Gasteiger partial charge in [0.1, 0.15) is 12.5 Å². The largest absolute Gasteiger partial charge is 0.508 e. The van der Waals surface area contributed by atoms with Crippen molar-refractivity contribution < 1.29 is 9.90 Å². The lowest BCUT2D eigenvalue weighted by atomic mass is 10.3. The van der Waals surface area contributed by atoms with E-state index in [1.54, 1.807) is 24.3 Å². The van der Waals surface area contributed by atoms with Crippen molar-refractivity contribution in [2.75, 3.05) is 0 Å². The van der Waals surface area contributed by atoms with Gasteiger partial charge in [0.25, 0.3) is 0 Å². The lowest BCUT2D eigenvalue weighted by Gasteiger charge is -1.82. The molecular weight excluding hydrogens is 144 g/mol. The van der Waals surface area contributed by atoms with Crippen LogP contribution in [0.1, 0.15) is 0 Å². The van der Waals surface area contributed by atoms with Gasteiger partial charge in [-0.1, -0.05) is 18.2 Å². The Morgan fingerprint density at radius 3 is 1.70 bits per heavy atom. The van der Waals surface area contributed by atoms with Gasteiger partial charge < -0.3 is 9.90 Å². The van der Waals surface area contributed by atoms with E-state index in [-0.39, 0.29) is 11.0 Å². The first-order chi connectivity index (χ1) is 4.39. The molecule has 4 radical (unpaired) electrons. The molecule has 3 heteroatoms. The molecule has 0 aliphatic rings. The lowest BCUT2D eigenvalue weighted by molar-refractivity contribution is -0.0979. The fraction of sp³-hybridized carbons (Fsp3) is 0. The Hall–Kier alpha value is -1.09. The van der Waals surface area contributed by atoms with E-state index in [1.165, 1.54) is 0 Å². The molecule has 0 aromatic heterocycles. The lowest BCUT2D eigenvalue weighted by Crippen LogP contribution is -1.56. The van der Waals surface area contributed by atoms with Crippen LogP contribution in [-0.4, -0.2) is 22.9 Å². The Morgan fingerprint density at radius 1 is 1.10 bits per heavy atom. The van der Waals surface area contributed by atoms with Crippen LogP contribution in [0.15, 0.2) is 30.3 Å². The SMILES string of the molecule is C=O.Oc1ccccc1.[Si]. The summed E-state index contributed by atoms with van der Waals surface area (Å²) in [5, 5.41) is 8.63. The second kappa shape index (κ2) is 7.91. The molecule has 0 atom stereocenters. The van der Waals surface area contributed by atoms with Gasteiger partial charge in [-0.15, -0.1) is 0 Å². The molecule has 0 heterocycles. The van der Waals surface area contributed by atoms with Gasteiger partial charge in [0, 0.05) is 11.0 Å². The van der Waals surface area contributed by atoms with Gasteiger partial charge in [0.05, 0.1) is 0 Å². The smallest absolute Gasteiger partial charge is 0.115 e. The number of rotatable bonds is 0. The average Bonchev–Trinajstić information content (AvgIpc) is 1.94. The summed E-state index contributed by atoms with van der Waals surface area (Å²) in [4.78, 5) is 8.00. The molecule has 10 heavy (non-hydrogen) atoms. The number of para-hydroxylation sites is 1. The number of phenols is 1. The summed E-state index contributed by atoms with van der Waals surface area (Å²) < 4.78 is 0. The standard InChI is InChI=1S/C6H6O.CH2O.Si/c7-6-4-2-1-3-5-6;1-2;/h1-5,7H;1H2;. The van der Waals surface area contributed by atoms with Gasteiger partial charge >= 0.3 is 0 Å².